The highest BCUT2D eigenvalue weighted by Gasteiger charge is 2.16. The van der Waals surface area contributed by atoms with Crippen LogP contribution in [0.3, 0.4) is 0 Å². The van der Waals surface area contributed by atoms with Crippen LogP contribution in [-0.2, 0) is 4.74 Å². The zero-order valence-corrected chi connectivity index (χ0v) is 20.8. The zero-order chi connectivity index (χ0) is 26.5. The van der Waals surface area contributed by atoms with Gasteiger partial charge in [-0.3, -0.25) is 24.1 Å². The van der Waals surface area contributed by atoms with E-state index in [9.17, 15) is 9.59 Å². The number of imidazole rings is 1. The number of nitrogens with one attached hydrogen (secondary N) is 3. The maximum atomic E-state index is 12.7. The van der Waals surface area contributed by atoms with Crippen LogP contribution in [0.2, 0.25) is 0 Å². The number of hydrogen-bond donors (Lipinski definition) is 4. The first-order valence-electron chi connectivity index (χ1n) is 12.2. The fourth-order valence-electron chi connectivity index (χ4n) is 4.32. The first-order valence-corrected chi connectivity index (χ1v) is 12.2. The summed E-state index contributed by atoms with van der Waals surface area (Å²) in [6.07, 6.45) is 3.47. The smallest absolute Gasteiger partial charge is 0.274 e. The van der Waals surface area contributed by atoms with Crippen molar-refractivity contribution in [2.24, 2.45) is 0 Å². The van der Waals surface area contributed by atoms with Crippen LogP contribution in [0.1, 0.15) is 26.4 Å². The van der Waals surface area contributed by atoms with Gasteiger partial charge in [0, 0.05) is 55.4 Å². The van der Waals surface area contributed by atoms with Gasteiger partial charge in [-0.15, -0.1) is 0 Å². The number of ether oxygens (including phenoxy) is 1. The summed E-state index contributed by atoms with van der Waals surface area (Å²) in [5.74, 6) is -0.363. The van der Waals surface area contributed by atoms with Crippen molar-refractivity contribution in [1.29, 1.82) is 0 Å². The van der Waals surface area contributed by atoms with Crippen molar-refractivity contribution < 1.29 is 19.5 Å². The Labute approximate surface area is 218 Å². The topological polar surface area (TPSA) is 146 Å². The summed E-state index contributed by atoms with van der Waals surface area (Å²) in [6, 6.07) is 11.9. The Hall–Kier alpha value is -4.39. The maximum absolute atomic E-state index is 12.7. The lowest BCUT2D eigenvalue weighted by Crippen LogP contribution is -2.41. The molecule has 1 aliphatic rings. The van der Waals surface area contributed by atoms with Crippen LogP contribution in [0.15, 0.2) is 54.9 Å². The molecule has 12 heteroatoms. The van der Waals surface area contributed by atoms with Crippen LogP contribution in [-0.4, -0.2) is 80.7 Å². The average molecular weight is 517 g/mol. The quantitative estimate of drug-likeness (QED) is 0.204. The highest BCUT2D eigenvalue weighted by atomic mass is 16.5. The molecule has 38 heavy (non-hydrogen) atoms. The second kappa shape index (κ2) is 11.3. The Balaban J connectivity index is 1.30. The SMILES string of the molecule is Cc1nc2cc(C(=O)NCCN3CCOCC3)ccn2c1-c1ccnc(Nc2ccc(C(=O)NO)cc2)n1. The molecule has 1 aromatic carbocycles. The van der Waals surface area contributed by atoms with E-state index in [1.54, 1.807) is 54.1 Å². The van der Waals surface area contributed by atoms with Crippen molar-refractivity contribution in [3.8, 4) is 11.4 Å². The number of aryl methyl sites for hydroxylation is 1. The number of rotatable bonds is 8. The zero-order valence-electron chi connectivity index (χ0n) is 20.8. The number of carbonyl (C=O) groups excluding carboxylic acids is 2. The van der Waals surface area contributed by atoms with Gasteiger partial charge in [-0.25, -0.2) is 20.4 Å². The van der Waals surface area contributed by atoms with Gasteiger partial charge in [0.2, 0.25) is 5.95 Å². The summed E-state index contributed by atoms with van der Waals surface area (Å²) in [7, 11) is 0. The molecule has 3 aromatic heterocycles. The Morgan fingerprint density at radius 2 is 1.82 bits per heavy atom. The number of nitrogens with zero attached hydrogens (tertiary/aromatic N) is 5. The number of morpholine rings is 1. The van der Waals surface area contributed by atoms with Gasteiger partial charge in [0.05, 0.1) is 30.3 Å². The van der Waals surface area contributed by atoms with Crippen LogP contribution >= 0.6 is 0 Å². The van der Waals surface area contributed by atoms with E-state index in [-0.39, 0.29) is 5.91 Å². The number of aromatic nitrogens is 4. The summed E-state index contributed by atoms with van der Waals surface area (Å²) in [5, 5.41) is 14.9. The van der Waals surface area contributed by atoms with Gasteiger partial charge < -0.3 is 15.4 Å². The van der Waals surface area contributed by atoms with Gasteiger partial charge in [0.25, 0.3) is 11.8 Å². The molecule has 12 nitrogen and oxygen atoms in total. The normalized spacial score (nSPS) is 13.8. The van der Waals surface area contributed by atoms with Gasteiger partial charge in [-0.05, 0) is 49.4 Å². The maximum Gasteiger partial charge on any atom is 0.274 e. The second-order valence-electron chi connectivity index (χ2n) is 8.81. The second-order valence-corrected chi connectivity index (χ2v) is 8.81. The molecule has 0 radical (unpaired) electrons. The van der Waals surface area contributed by atoms with Crippen molar-refractivity contribution in [3.05, 3.63) is 71.7 Å². The summed E-state index contributed by atoms with van der Waals surface area (Å²) >= 11 is 0. The molecule has 2 amide bonds. The fraction of sp³-hybridized carbons (Fsp3) is 0.269. The van der Waals surface area contributed by atoms with Crippen molar-refractivity contribution in [2.75, 3.05) is 44.7 Å². The summed E-state index contributed by atoms with van der Waals surface area (Å²) in [4.78, 5) is 40.1. The molecular weight excluding hydrogens is 488 g/mol. The summed E-state index contributed by atoms with van der Waals surface area (Å²) < 4.78 is 7.26. The monoisotopic (exact) mass is 516 g/mol. The van der Waals surface area contributed by atoms with Crippen molar-refractivity contribution in [1.82, 2.24) is 35.0 Å². The van der Waals surface area contributed by atoms with Crippen molar-refractivity contribution in [2.45, 2.75) is 6.92 Å². The van der Waals surface area contributed by atoms with E-state index < -0.39 is 5.91 Å². The highest BCUT2D eigenvalue weighted by Crippen LogP contribution is 2.25. The number of hydroxylamine groups is 1. The van der Waals surface area contributed by atoms with E-state index in [0.717, 1.165) is 44.2 Å². The predicted octanol–water partition coefficient (Wildman–Crippen LogP) is 2.02. The minimum absolute atomic E-state index is 0.140. The molecule has 4 heterocycles. The van der Waals surface area contributed by atoms with E-state index in [2.05, 4.69) is 30.5 Å². The Kier molecular flexibility index (Phi) is 7.54. The molecular formula is C26H28N8O4. The molecule has 0 atom stereocenters. The Bertz CT molecular complexity index is 1450. The summed E-state index contributed by atoms with van der Waals surface area (Å²) in [6.45, 7) is 6.47. The van der Waals surface area contributed by atoms with Crippen LogP contribution < -0.4 is 16.1 Å². The molecule has 5 rings (SSSR count). The van der Waals surface area contributed by atoms with E-state index in [0.29, 0.717) is 40.6 Å². The standard InChI is InChI=1S/C26H28N8O4/c1-17-23(21-6-8-28-26(31-21)30-20-4-2-18(3-5-20)25(36)32-37)34-10-7-19(16-22(34)29-17)24(35)27-9-11-33-12-14-38-15-13-33/h2-8,10,16,37H,9,11-15H2,1H3,(H,27,35)(H,32,36)(H,28,30,31). The first kappa shape index (κ1) is 25.3. The lowest BCUT2D eigenvalue weighted by Gasteiger charge is -2.26. The lowest BCUT2D eigenvalue weighted by molar-refractivity contribution is 0.0383. The van der Waals surface area contributed by atoms with Gasteiger partial charge in [-0.1, -0.05) is 0 Å². The molecule has 0 unspecified atom stereocenters. The van der Waals surface area contributed by atoms with Gasteiger partial charge >= 0.3 is 0 Å². The van der Waals surface area contributed by atoms with E-state index in [1.165, 1.54) is 0 Å². The molecule has 4 N–H and O–H groups in total. The number of hydrogen-bond acceptors (Lipinski definition) is 9. The molecule has 0 saturated carbocycles. The van der Waals surface area contributed by atoms with Gasteiger partial charge in [0.1, 0.15) is 5.65 Å². The average Bonchev–Trinajstić information content (AvgIpc) is 3.28. The minimum atomic E-state index is -0.591. The molecule has 0 bridgehead atoms. The minimum Gasteiger partial charge on any atom is -0.379 e. The number of anilines is 2. The Morgan fingerprint density at radius 3 is 2.58 bits per heavy atom. The summed E-state index contributed by atoms with van der Waals surface area (Å²) in [5.41, 5.74) is 6.00. The molecule has 0 spiro atoms. The van der Waals surface area contributed by atoms with Crippen LogP contribution in [0.5, 0.6) is 0 Å². The molecule has 0 aliphatic carbocycles. The van der Waals surface area contributed by atoms with Crippen molar-refractivity contribution in [3.63, 3.8) is 0 Å². The first-order chi connectivity index (χ1) is 18.5. The molecule has 1 aliphatic heterocycles. The molecule has 196 valence electrons. The third kappa shape index (κ3) is 5.62. The number of benzene rings is 1. The third-order valence-electron chi connectivity index (χ3n) is 6.28. The van der Waals surface area contributed by atoms with Crippen molar-refractivity contribution >= 4 is 29.1 Å². The number of fused-ring (bicyclic) bond motifs is 1. The molecule has 4 aromatic rings. The van der Waals surface area contributed by atoms with E-state index >= 15 is 0 Å². The highest BCUT2D eigenvalue weighted by molar-refractivity contribution is 5.95. The van der Waals surface area contributed by atoms with Gasteiger partial charge in [-0.2, -0.15) is 0 Å². The van der Waals surface area contributed by atoms with E-state index in [1.807, 2.05) is 17.5 Å². The van der Waals surface area contributed by atoms with Crippen LogP contribution in [0.4, 0.5) is 11.6 Å². The predicted molar refractivity (Wildman–Crippen MR) is 140 cm³/mol. The van der Waals surface area contributed by atoms with Gasteiger partial charge in [0.15, 0.2) is 0 Å². The third-order valence-corrected chi connectivity index (χ3v) is 6.28. The molecule has 1 fully saturated rings. The van der Waals surface area contributed by atoms with Crippen LogP contribution in [0, 0.1) is 6.92 Å². The number of amides is 2. The lowest BCUT2D eigenvalue weighted by atomic mass is 10.2. The van der Waals surface area contributed by atoms with Crippen LogP contribution in [0.25, 0.3) is 17.0 Å². The number of carbonyl (C=O) groups is 2. The molecule has 1 saturated heterocycles. The largest absolute Gasteiger partial charge is 0.379 e. The Morgan fingerprint density at radius 1 is 1.03 bits per heavy atom. The van der Waals surface area contributed by atoms with E-state index in [4.69, 9.17) is 9.94 Å². The number of pyridine rings is 1. The fourth-order valence-corrected chi connectivity index (χ4v) is 4.32.